The summed E-state index contributed by atoms with van der Waals surface area (Å²) in [6.07, 6.45) is 0. The summed E-state index contributed by atoms with van der Waals surface area (Å²) >= 11 is 0. The lowest BCUT2D eigenvalue weighted by molar-refractivity contribution is -0.115. The fourth-order valence-electron chi connectivity index (χ4n) is 1.15. The molecule has 1 amide bonds. The van der Waals surface area contributed by atoms with Gasteiger partial charge in [0, 0.05) is 5.54 Å². The highest BCUT2D eigenvalue weighted by molar-refractivity contribution is 5.92. The number of rotatable bonds is 3. The van der Waals surface area contributed by atoms with Crippen molar-refractivity contribution in [3.05, 3.63) is 29.8 Å². The predicted molar refractivity (Wildman–Crippen MR) is 62.7 cm³/mol. The van der Waals surface area contributed by atoms with Crippen molar-refractivity contribution < 1.29 is 13.6 Å². The van der Waals surface area contributed by atoms with Crippen molar-refractivity contribution in [2.75, 3.05) is 11.9 Å². The summed E-state index contributed by atoms with van der Waals surface area (Å²) < 4.78 is 26.4. The second-order valence-electron chi connectivity index (χ2n) is 4.75. The first-order valence-corrected chi connectivity index (χ1v) is 5.28. The average molecular weight is 242 g/mol. The number of benzene rings is 1. The van der Waals surface area contributed by atoms with E-state index in [1.165, 1.54) is 6.07 Å². The van der Waals surface area contributed by atoms with Crippen molar-refractivity contribution in [1.82, 2.24) is 5.32 Å². The zero-order valence-corrected chi connectivity index (χ0v) is 10.1. The maximum atomic E-state index is 13.2. The first-order chi connectivity index (χ1) is 7.79. The molecule has 0 saturated carbocycles. The van der Waals surface area contributed by atoms with Gasteiger partial charge in [-0.2, -0.15) is 0 Å². The molecule has 0 aliphatic rings. The summed E-state index contributed by atoms with van der Waals surface area (Å²) in [6.45, 7) is 5.68. The molecule has 1 aromatic rings. The van der Waals surface area contributed by atoms with Gasteiger partial charge in [-0.1, -0.05) is 6.07 Å². The fraction of sp³-hybridized carbons (Fsp3) is 0.417. The Morgan fingerprint density at radius 3 is 2.24 bits per heavy atom. The lowest BCUT2D eigenvalue weighted by atomic mass is 10.1. The van der Waals surface area contributed by atoms with Crippen LogP contribution in [-0.2, 0) is 4.79 Å². The minimum absolute atomic E-state index is 0.00270. The quantitative estimate of drug-likeness (QED) is 0.853. The molecule has 5 heteroatoms. The van der Waals surface area contributed by atoms with E-state index in [1.807, 2.05) is 20.8 Å². The van der Waals surface area contributed by atoms with Gasteiger partial charge in [0.15, 0.2) is 0 Å². The topological polar surface area (TPSA) is 41.1 Å². The number of para-hydroxylation sites is 1. The molecule has 0 aliphatic heterocycles. The van der Waals surface area contributed by atoms with Gasteiger partial charge in [-0.25, -0.2) is 8.78 Å². The molecule has 3 nitrogen and oxygen atoms in total. The van der Waals surface area contributed by atoms with Gasteiger partial charge in [0.25, 0.3) is 0 Å². The fourth-order valence-corrected chi connectivity index (χ4v) is 1.15. The van der Waals surface area contributed by atoms with Crippen LogP contribution in [0.4, 0.5) is 14.5 Å². The number of carbonyl (C=O) groups is 1. The normalized spacial score (nSPS) is 11.4. The van der Waals surface area contributed by atoms with Crippen molar-refractivity contribution in [3.63, 3.8) is 0 Å². The van der Waals surface area contributed by atoms with Crippen LogP contribution in [0.15, 0.2) is 18.2 Å². The second kappa shape index (κ2) is 5.23. The molecule has 0 unspecified atom stereocenters. The molecule has 94 valence electrons. The van der Waals surface area contributed by atoms with Gasteiger partial charge in [0.1, 0.15) is 17.3 Å². The number of hydrogen-bond acceptors (Lipinski definition) is 2. The van der Waals surface area contributed by atoms with Gasteiger partial charge in [0.05, 0.1) is 6.54 Å². The van der Waals surface area contributed by atoms with E-state index in [2.05, 4.69) is 10.6 Å². The summed E-state index contributed by atoms with van der Waals surface area (Å²) in [4.78, 5) is 11.5. The molecular formula is C12H16F2N2O. The van der Waals surface area contributed by atoms with Gasteiger partial charge in [-0.15, -0.1) is 0 Å². The molecule has 0 atom stereocenters. The maximum Gasteiger partial charge on any atom is 0.238 e. The van der Waals surface area contributed by atoms with Crippen molar-refractivity contribution in [3.8, 4) is 0 Å². The molecule has 0 saturated heterocycles. The highest BCUT2D eigenvalue weighted by Crippen LogP contribution is 2.17. The predicted octanol–water partition coefficient (Wildman–Crippen LogP) is 2.29. The Hall–Kier alpha value is -1.49. The lowest BCUT2D eigenvalue weighted by Crippen LogP contribution is -2.41. The molecule has 0 radical (unpaired) electrons. The number of hydrogen-bond donors (Lipinski definition) is 2. The zero-order valence-electron chi connectivity index (χ0n) is 10.1. The first kappa shape index (κ1) is 13.6. The number of amides is 1. The summed E-state index contributed by atoms with van der Waals surface area (Å²) in [7, 11) is 0. The van der Waals surface area contributed by atoms with Gasteiger partial charge < -0.3 is 10.6 Å². The second-order valence-corrected chi connectivity index (χ2v) is 4.75. The van der Waals surface area contributed by atoms with Gasteiger partial charge >= 0.3 is 0 Å². The number of halogens is 2. The van der Waals surface area contributed by atoms with Gasteiger partial charge in [-0.05, 0) is 32.9 Å². The van der Waals surface area contributed by atoms with Crippen LogP contribution < -0.4 is 10.6 Å². The van der Waals surface area contributed by atoms with Crippen LogP contribution in [0.25, 0.3) is 0 Å². The molecule has 0 bridgehead atoms. The van der Waals surface area contributed by atoms with E-state index in [0.29, 0.717) is 0 Å². The van der Waals surface area contributed by atoms with Crippen LogP contribution in [0.5, 0.6) is 0 Å². The summed E-state index contributed by atoms with van der Waals surface area (Å²) in [6, 6.07) is 3.43. The van der Waals surface area contributed by atoms with Crippen molar-refractivity contribution >= 4 is 11.6 Å². The third-order valence-corrected chi connectivity index (χ3v) is 2.01. The number of nitrogens with one attached hydrogen (secondary N) is 2. The summed E-state index contributed by atoms with van der Waals surface area (Å²) in [5, 5.41) is 5.12. The zero-order chi connectivity index (χ0) is 13.1. The largest absolute Gasteiger partial charge is 0.320 e. The Morgan fingerprint density at radius 2 is 1.76 bits per heavy atom. The highest BCUT2D eigenvalue weighted by atomic mass is 19.1. The molecule has 0 spiro atoms. The van der Waals surface area contributed by atoms with E-state index < -0.39 is 23.2 Å². The van der Waals surface area contributed by atoms with Gasteiger partial charge in [0.2, 0.25) is 5.91 Å². The van der Waals surface area contributed by atoms with Crippen molar-refractivity contribution in [2.45, 2.75) is 26.3 Å². The Labute approximate surface area is 99.2 Å². The number of anilines is 1. The highest BCUT2D eigenvalue weighted by Gasteiger charge is 2.14. The van der Waals surface area contributed by atoms with E-state index in [4.69, 9.17) is 0 Å². The van der Waals surface area contributed by atoms with Crippen LogP contribution in [0.2, 0.25) is 0 Å². The standard InChI is InChI=1S/C12H16F2N2O/c1-12(2,3)15-7-10(17)16-11-8(13)5-4-6-9(11)14/h4-6,15H,7H2,1-3H3,(H,16,17). The van der Waals surface area contributed by atoms with Crippen molar-refractivity contribution in [2.24, 2.45) is 0 Å². The Balaban J connectivity index is 2.63. The lowest BCUT2D eigenvalue weighted by Gasteiger charge is -2.20. The molecule has 1 rings (SSSR count). The van der Waals surface area contributed by atoms with E-state index >= 15 is 0 Å². The monoisotopic (exact) mass is 242 g/mol. The molecule has 2 N–H and O–H groups in total. The van der Waals surface area contributed by atoms with Crippen LogP contribution in [-0.4, -0.2) is 18.0 Å². The number of carbonyl (C=O) groups excluding carboxylic acids is 1. The smallest absolute Gasteiger partial charge is 0.238 e. The third kappa shape index (κ3) is 4.48. The minimum Gasteiger partial charge on any atom is -0.320 e. The maximum absolute atomic E-state index is 13.2. The summed E-state index contributed by atoms with van der Waals surface area (Å²) in [5.41, 5.74) is -0.640. The summed E-state index contributed by atoms with van der Waals surface area (Å²) in [5.74, 6) is -2.05. The molecule has 0 aromatic heterocycles. The van der Waals surface area contributed by atoms with Crippen LogP contribution in [0.1, 0.15) is 20.8 Å². The van der Waals surface area contributed by atoms with E-state index in [9.17, 15) is 13.6 Å². The first-order valence-electron chi connectivity index (χ1n) is 5.28. The van der Waals surface area contributed by atoms with Crippen molar-refractivity contribution in [1.29, 1.82) is 0 Å². The average Bonchev–Trinajstić information content (AvgIpc) is 2.20. The molecule has 0 fully saturated rings. The van der Waals surface area contributed by atoms with E-state index in [1.54, 1.807) is 0 Å². The molecule has 0 heterocycles. The van der Waals surface area contributed by atoms with Crippen LogP contribution >= 0.6 is 0 Å². The van der Waals surface area contributed by atoms with E-state index in [0.717, 1.165) is 12.1 Å². The molecule has 0 aliphatic carbocycles. The van der Waals surface area contributed by atoms with Gasteiger partial charge in [-0.3, -0.25) is 4.79 Å². The van der Waals surface area contributed by atoms with Crippen LogP contribution in [0.3, 0.4) is 0 Å². The molecule has 1 aromatic carbocycles. The Kier molecular flexibility index (Phi) is 4.17. The SMILES string of the molecule is CC(C)(C)NCC(=O)Nc1c(F)cccc1F. The molecular weight excluding hydrogens is 226 g/mol. The molecule has 17 heavy (non-hydrogen) atoms. The van der Waals surface area contributed by atoms with E-state index in [-0.39, 0.29) is 12.1 Å². The third-order valence-electron chi connectivity index (χ3n) is 2.01. The Morgan fingerprint density at radius 1 is 1.24 bits per heavy atom. The minimum atomic E-state index is -0.783. The Bertz CT molecular complexity index is 393. The van der Waals surface area contributed by atoms with Crippen LogP contribution in [0, 0.1) is 11.6 Å².